The van der Waals surface area contributed by atoms with Gasteiger partial charge in [0.15, 0.2) is 0 Å². The summed E-state index contributed by atoms with van der Waals surface area (Å²) < 4.78 is 6.99. The van der Waals surface area contributed by atoms with Crippen LogP contribution >= 0.6 is 0 Å². The van der Waals surface area contributed by atoms with Gasteiger partial charge in [-0.05, 0) is 24.3 Å². The molecular formula is C23H22N4O2. The Labute approximate surface area is 168 Å². The Morgan fingerprint density at radius 1 is 0.931 bits per heavy atom. The molecule has 0 bridgehead atoms. The van der Waals surface area contributed by atoms with Crippen LogP contribution in [0.25, 0.3) is 21.7 Å². The number of benzene rings is 2. The number of aryl methyl sites for hydroxylation is 2. The van der Waals surface area contributed by atoms with Crippen LogP contribution in [0.1, 0.15) is 5.69 Å². The lowest BCUT2D eigenvalue weighted by molar-refractivity contribution is 0.123. The minimum atomic E-state index is -0.0570. The molecule has 146 valence electrons. The summed E-state index contributed by atoms with van der Waals surface area (Å²) in [5, 5.41) is 7.18. The zero-order valence-corrected chi connectivity index (χ0v) is 16.1. The minimum Gasteiger partial charge on any atom is -0.378 e. The predicted molar refractivity (Wildman–Crippen MR) is 114 cm³/mol. The average Bonchev–Trinajstić information content (AvgIpc) is 2.79. The topological polar surface area (TPSA) is 60.3 Å². The van der Waals surface area contributed by atoms with Crippen LogP contribution in [0.4, 0.5) is 5.69 Å². The number of nitrogens with zero attached hydrogens (tertiary/aromatic N) is 4. The molecule has 0 N–H and O–H groups in total. The van der Waals surface area contributed by atoms with Gasteiger partial charge in [0.25, 0.3) is 5.56 Å². The third-order valence-electron chi connectivity index (χ3n) is 5.46. The van der Waals surface area contributed by atoms with E-state index in [0.29, 0.717) is 31.6 Å². The molecule has 1 aliphatic heterocycles. The van der Waals surface area contributed by atoms with Crippen LogP contribution in [0.3, 0.4) is 0 Å². The van der Waals surface area contributed by atoms with Crippen LogP contribution in [-0.4, -0.2) is 41.1 Å². The summed E-state index contributed by atoms with van der Waals surface area (Å²) in [7, 11) is 0. The monoisotopic (exact) mass is 386 g/mol. The zero-order chi connectivity index (χ0) is 19.6. The number of ether oxygens (including phenoxy) is 1. The van der Waals surface area contributed by atoms with E-state index >= 15 is 0 Å². The second kappa shape index (κ2) is 7.64. The average molecular weight is 386 g/mol. The van der Waals surface area contributed by atoms with Crippen LogP contribution in [0.15, 0.2) is 65.6 Å². The SMILES string of the molecule is O=c1c2cccc(N3CCOCC3)c2cnn1CCc1ccc2ccccc2n1. The van der Waals surface area contributed by atoms with Crippen molar-refractivity contribution in [2.24, 2.45) is 0 Å². The zero-order valence-electron chi connectivity index (χ0n) is 16.1. The molecule has 0 amide bonds. The molecule has 0 aliphatic carbocycles. The Kier molecular flexibility index (Phi) is 4.69. The molecule has 2 aromatic heterocycles. The lowest BCUT2D eigenvalue weighted by atomic mass is 10.1. The first kappa shape index (κ1) is 17.8. The number of pyridine rings is 1. The van der Waals surface area contributed by atoms with Crippen molar-refractivity contribution in [1.82, 2.24) is 14.8 Å². The largest absolute Gasteiger partial charge is 0.378 e. The molecule has 0 saturated carbocycles. The van der Waals surface area contributed by atoms with Crippen molar-refractivity contribution in [3.05, 3.63) is 76.8 Å². The highest BCUT2D eigenvalue weighted by molar-refractivity contribution is 5.93. The van der Waals surface area contributed by atoms with Crippen LogP contribution < -0.4 is 10.5 Å². The normalized spacial score (nSPS) is 14.6. The summed E-state index contributed by atoms with van der Waals surface area (Å²) in [6, 6.07) is 18.0. The van der Waals surface area contributed by atoms with Crippen molar-refractivity contribution in [2.75, 3.05) is 31.2 Å². The number of anilines is 1. The second-order valence-corrected chi connectivity index (χ2v) is 7.26. The van der Waals surface area contributed by atoms with Crippen molar-refractivity contribution >= 4 is 27.4 Å². The molecule has 1 aliphatic rings. The molecule has 4 aromatic rings. The fraction of sp³-hybridized carbons (Fsp3) is 0.261. The highest BCUT2D eigenvalue weighted by Gasteiger charge is 2.15. The maximum atomic E-state index is 13.0. The van der Waals surface area contributed by atoms with E-state index in [0.717, 1.165) is 40.8 Å². The molecule has 2 aromatic carbocycles. The lowest BCUT2D eigenvalue weighted by Gasteiger charge is -2.29. The van der Waals surface area contributed by atoms with Crippen molar-refractivity contribution in [3.63, 3.8) is 0 Å². The summed E-state index contributed by atoms with van der Waals surface area (Å²) in [4.78, 5) is 20.0. The van der Waals surface area contributed by atoms with Crippen molar-refractivity contribution in [1.29, 1.82) is 0 Å². The Hall–Kier alpha value is -3.25. The number of morpholine rings is 1. The maximum absolute atomic E-state index is 13.0. The number of fused-ring (bicyclic) bond motifs is 2. The molecule has 5 rings (SSSR count). The summed E-state index contributed by atoms with van der Waals surface area (Å²) >= 11 is 0. The fourth-order valence-corrected chi connectivity index (χ4v) is 3.90. The fourth-order valence-electron chi connectivity index (χ4n) is 3.90. The third kappa shape index (κ3) is 3.47. The van der Waals surface area contributed by atoms with Gasteiger partial charge in [0, 0.05) is 41.7 Å². The Morgan fingerprint density at radius 3 is 2.69 bits per heavy atom. The molecule has 0 radical (unpaired) electrons. The smallest absolute Gasteiger partial charge is 0.274 e. The van der Waals surface area contributed by atoms with E-state index in [9.17, 15) is 4.79 Å². The van der Waals surface area contributed by atoms with Crippen LogP contribution in [-0.2, 0) is 17.7 Å². The summed E-state index contributed by atoms with van der Waals surface area (Å²) in [5.74, 6) is 0. The van der Waals surface area contributed by atoms with E-state index in [1.165, 1.54) is 0 Å². The number of hydrogen-bond acceptors (Lipinski definition) is 5. The molecule has 1 saturated heterocycles. The van der Waals surface area contributed by atoms with Crippen molar-refractivity contribution in [3.8, 4) is 0 Å². The third-order valence-corrected chi connectivity index (χ3v) is 5.46. The van der Waals surface area contributed by atoms with Gasteiger partial charge in [-0.25, -0.2) is 4.68 Å². The maximum Gasteiger partial charge on any atom is 0.274 e. The highest BCUT2D eigenvalue weighted by Crippen LogP contribution is 2.25. The lowest BCUT2D eigenvalue weighted by Crippen LogP contribution is -2.36. The molecule has 0 atom stereocenters. The van der Waals surface area contributed by atoms with E-state index < -0.39 is 0 Å². The molecule has 6 heteroatoms. The standard InChI is InChI=1S/C23H22N4O2/c28-23-19-5-3-7-22(26-12-14-29-15-13-26)20(19)16-24-27(23)11-10-18-9-8-17-4-1-2-6-21(17)25-18/h1-9,16H,10-15H2. The molecule has 0 spiro atoms. The number of hydrogen-bond donors (Lipinski definition) is 0. The van der Waals surface area contributed by atoms with E-state index in [1.54, 1.807) is 4.68 Å². The summed E-state index contributed by atoms with van der Waals surface area (Å²) in [6.07, 6.45) is 2.47. The molecular weight excluding hydrogens is 364 g/mol. The highest BCUT2D eigenvalue weighted by atomic mass is 16.5. The van der Waals surface area contributed by atoms with Gasteiger partial charge in [-0.3, -0.25) is 9.78 Å². The van der Waals surface area contributed by atoms with Crippen LogP contribution in [0, 0.1) is 0 Å². The van der Waals surface area contributed by atoms with E-state index in [1.807, 2.05) is 48.7 Å². The number of rotatable bonds is 4. The predicted octanol–water partition coefficient (Wildman–Crippen LogP) is 3.02. The van der Waals surface area contributed by atoms with E-state index in [-0.39, 0.29) is 5.56 Å². The minimum absolute atomic E-state index is 0.0570. The molecule has 1 fully saturated rings. The first-order chi connectivity index (χ1) is 14.3. The quantitative estimate of drug-likeness (QED) is 0.540. The molecule has 0 unspecified atom stereocenters. The first-order valence-corrected chi connectivity index (χ1v) is 9.96. The molecule has 6 nitrogen and oxygen atoms in total. The van der Waals surface area contributed by atoms with Gasteiger partial charge in [0.1, 0.15) is 0 Å². The number of para-hydroxylation sites is 1. The van der Waals surface area contributed by atoms with E-state index in [2.05, 4.69) is 22.1 Å². The van der Waals surface area contributed by atoms with Crippen LogP contribution in [0.2, 0.25) is 0 Å². The van der Waals surface area contributed by atoms with Gasteiger partial charge in [-0.2, -0.15) is 5.10 Å². The Bertz CT molecular complexity index is 1230. The van der Waals surface area contributed by atoms with Gasteiger partial charge in [0.05, 0.1) is 36.9 Å². The van der Waals surface area contributed by atoms with Crippen molar-refractivity contribution < 1.29 is 4.74 Å². The first-order valence-electron chi connectivity index (χ1n) is 9.96. The van der Waals surface area contributed by atoms with Gasteiger partial charge in [0.2, 0.25) is 0 Å². The Balaban J connectivity index is 1.43. The molecule has 29 heavy (non-hydrogen) atoms. The summed E-state index contributed by atoms with van der Waals surface area (Å²) in [6.45, 7) is 3.58. The van der Waals surface area contributed by atoms with Crippen molar-refractivity contribution in [2.45, 2.75) is 13.0 Å². The summed E-state index contributed by atoms with van der Waals surface area (Å²) in [5.41, 5.74) is 2.93. The van der Waals surface area contributed by atoms with Gasteiger partial charge < -0.3 is 9.64 Å². The van der Waals surface area contributed by atoms with Gasteiger partial charge >= 0.3 is 0 Å². The van der Waals surface area contributed by atoms with Gasteiger partial charge in [-0.1, -0.05) is 30.3 Å². The Morgan fingerprint density at radius 2 is 1.79 bits per heavy atom. The second-order valence-electron chi connectivity index (χ2n) is 7.26. The van der Waals surface area contributed by atoms with E-state index in [4.69, 9.17) is 9.72 Å². The molecule has 3 heterocycles. The number of aromatic nitrogens is 3. The van der Waals surface area contributed by atoms with Gasteiger partial charge in [-0.15, -0.1) is 0 Å². The van der Waals surface area contributed by atoms with Crippen LogP contribution in [0.5, 0.6) is 0 Å².